The summed E-state index contributed by atoms with van der Waals surface area (Å²) in [5, 5.41) is 0. The number of hydrogen-bond acceptors (Lipinski definition) is 3. The summed E-state index contributed by atoms with van der Waals surface area (Å²) in [7, 11) is 0. The fraction of sp³-hybridized carbons (Fsp3) is 0.375. The van der Waals surface area contributed by atoms with Gasteiger partial charge in [-0.05, 0) is 18.6 Å². The second-order valence-electron chi connectivity index (χ2n) is 2.38. The summed E-state index contributed by atoms with van der Waals surface area (Å²) < 4.78 is 2.71. The Kier molecular flexibility index (Phi) is 3.23. The third kappa shape index (κ3) is 2.42. The highest BCUT2D eigenvalue weighted by Crippen LogP contribution is 2.06. The van der Waals surface area contributed by atoms with Crippen molar-refractivity contribution < 1.29 is 0 Å². The van der Waals surface area contributed by atoms with Crippen LogP contribution >= 0.6 is 12.8 Å². The van der Waals surface area contributed by atoms with Crippen molar-refractivity contribution in [1.82, 2.24) is 4.98 Å². The van der Waals surface area contributed by atoms with Gasteiger partial charge in [-0.25, -0.2) is 4.98 Å². The van der Waals surface area contributed by atoms with E-state index in [9.17, 15) is 0 Å². The molecule has 0 saturated heterocycles. The first-order valence-electron chi connectivity index (χ1n) is 3.73. The van der Waals surface area contributed by atoms with Crippen LogP contribution < -0.4 is 4.72 Å². The molecule has 0 fully saturated rings. The number of anilines is 1. The van der Waals surface area contributed by atoms with Gasteiger partial charge in [0.15, 0.2) is 0 Å². The molecule has 60 valence electrons. The molecule has 0 atom stereocenters. The van der Waals surface area contributed by atoms with Gasteiger partial charge in [0, 0.05) is 5.69 Å². The number of nitrogens with zero attached hydrogens (tertiary/aromatic N) is 1. The van der Waals surface area contributed by atoms with Crippen LogP contribution in [-0.2, 0) is 6.42 Å². The topological polar surface area (TPSA) is 24.9 Å². The van der Waals surface area contributed by atoms with E-state index < -0.39 is 0 Å². The molecule has 0 saturated carbocycles. The Morgan fingerprint density at radius 1 is 1.55 bits per heavy atom. The summed E-state index contributed by atoms with van der Waals surface area (Å²) in [4.78, 5) is 4.29. The smallest absolute Gasteiger partial charge is 0.135 e. The lowest BCUT2D eigenvalue weighted by Crippen LogP contribution is -1.91. The van der Waals surface area contributed by atoms with Crippen LogP contribution in [0.5, 0.6) is 0 Å². The highest BCUT2D eigenvalue weighted by atomic mass is 32.1. The summed E-state index contributed by atoms with van der Waals surface area (Å²) in [5.41, 5.74) is 1.12. The zero-order chi connectivity index (χ0) is 8.10. The van der Waals surface area contributed by atoms with E-state index in [1.54, 1.807) is 0 Å². The minimum Gasteiger partial charge on any atom is -0.317 e. The van der Waals surface area contributed by atoms with E-state index in [4.69, 9.17) is 0 Å². The van der Waals surface area contributed by atoms with Crippen molar-refractivity contribution in [2.24, 2.45) is 0 Å². The molecule has 0 aromatic carbocycles. The Balaban J connectivity index is 2.74. The molecule has 1 N–H and O–H groups in total. The van der Waals surface area contributed by atoms with Gasteiger partial charge in [-0.1, -0.05) is 32.2 Å². The molecule has 0 aliphatic carbocycles. The number of thiol groups is 1. The lowest BCUT2D eigenvalue weighted by molar-refractivity contribution is 0.885. The van der Waals surface area contributed by atoms with Crippen LogP contribution in [0.3, 0.4) is 0 Å². The summed E-state index contributed by atoms with van der Waals surface area (Å²) >= 11 is 3.91. The number of pyridine rings is 1. The van der Waals surface area contributed by atoms with Crippen molar-refractivity contribution in [2.45, 2.75) is 19.8 Å². The van der Waals surface area contributed by atoms with Gasteiger partial charge in [-0.15, -0.1) is 0 Å². The summed E-state index contributed by atoms with van der Waals surface area (Å²) in [6.07, 6.45) is 2.16. The van der Waals surface area contributed by atoms with Gasteiger partial charge >= 0.3 is 0 Å². The maximum absolute atomic E-state index is 4.29. The third-order valence-corrected chi connectivity index (χ3v) is 1.66. The lowest BCUT2D eigenvalue weighted by Gasteiger charge is -2.00. The van der Waals surface area contributed by atoms with Gasteiger partial charge < -0.3 is 4.72 Å². The average molecular weight is 168 g/mol. The average Bonchev–Trinajstić information content (AvgIpc) is 2.06. The van der Waals surface area contributed by atoms with E-state index in [1.165, 1.54) is 0 Å². The monoisotopic (exact) mass is 168 g/mol. The van der Waals surface area contributed by atoms with Crippen LogP contribution in [0.1, 0.15) is 19.0 Å². The second kappa shape index (κ2) is 4.23. The molecular formula is C8H12N2S. The Bertz CT molecular complexity index is 225. The molecule has 1 aromatic heterocycles. The van der Waals surface area contributed by atoms with Gasteiger partial charge in [0.1, 0.15) is 5.82 Å². The van der Waals surface area contributed by atoms with Crippen molar-refractivity contribution in [1.29, 1.82) is 0 Å². The normalized spacial score (nSPS) is 9.64. The standard InChI is InChI=1S/C8H12N2S/c1-2-4-7-5-3-6-8(9-7)10-11/h3,5-6,11H,2,4H2,1H3,(H,9,10). The van der Waals surface area contributed by atoms with Crippen LogP contribution in [0.25, 0.3) is 0 Å². The maximum Gasteiger partial charge on any atom is 0.135 e. The highest BCUT2D eigenvalue weighted by molar-refractivity contribution is 7.81. The Labute approximate surface area is 72.6 Å². The second-order valence-corrected chi connectivity index (χ2v) is 2.60. The summed E-state index contributed by atoms with van der Waals surface area (Å²) in [6, 6.07) is 5.90. The SMILES string of the molecule is CCCc1cccc(NS)n1. The van der Waals surface area contributed by atoms with Crippen LogP contribution in [0.15, 0.2) is 18.2 Å². The number of rotatable bonds is 3. The Morgan fingerprint density at radius 2 is 2.36 bits per heavy atom. The molecule has 3 heteroatoms. The van der Waals surface area contributed by atoms with Crippen molar-refractivity contribution >= 4 is 18.6 Å². The van der Waals surface area contributed by atoms with Gasteiger partial charge in [0.2, 0.25) is 0 Å². The molecule has 1 rings (SSSR count). The highest BCUT2D eigenvalue weighted by Gasteiger charge is 1.93. The van der Waals surface area contributed by atoms with Crippen molar-refractivity contribution in [3.8, 4) is 0 Å². The fourth-order valence-corrected chi connectivity index (χ4v) is 1.06. The largest absolute Gasteiger partial charge is 0.317 e. The van der Waals surface area contributed by atoms with Crippen LogP contribution in [-0.4, -0.2) is 4.98 Å². The van der Waals surface area contributed by atoms with Gasteiger partial charge in [0.25, 0.3) is 0 Å². The van der Waals surface area contributed by atoms with Crippen LogP contribution in [0.4, 0.5) is 5.82 Å². The predicted molar refractivity (Wildman–Crippen MR) is 50.8 cm³/mol. The number of aromatic nitrogens is 1. The molecule has 0 bridgehead atoms. The third-order valence-electron chi connectivity index (χ3n) is 1.43. The van der Waals surface area contributed by atoms with Crippen molar-refractivity contribution in [3.05, 3.63) is 23.9 Å². The Morgan fingerprint density at radius 3 is 3.00 bits per heavy atom. The quantitative estimate of drug-likeness (QED) is 0.677. The van der Waals surface area contributed by atoms with Crippen LogP contribution in [0.2, 0.25) is 0 Å². The zero-order valence-corrected chi connectivity index (χ0v) is 7.44. The molecule has 1 heterocycles. The fourth-order valence-electron chi connectivity index (χ4n) is 0.937. The molecule has 0 aliphatic heterocycles. The number of hydrogen-bond donors (Lipinski definition) is 2. The molecule has 0 radical (unpaired) electrons. The lowest BCUT2D eigenvalue weighted by atomic mass is 10.2. The maximum atomic E-state index is 4.29. The van der Waals surface area contributed by atoms with E-state index in [0.29, 0.717) is 0 Å². The minimum atomic E-state index is 0.819. The van der Waals surface area contributed by atoms with Gasteiger partial charge in [-0.3, -0.25) is 0 Å². The first kappa shape index (κ1) is 8.40. The van der Waals surface area contributed by atoms with E-state index >= 15 is 0 Å². The van der Waals surface area contributed by atoms with E-state index in [2.05, 4.69) is 29.4 Å². The molecule has 2 nitrogen and oxygen atoms in total. The number of aryl methyl sites for hydroxylation is 1. The van der Waals surface area contributed by atoms with Gasteiger partial charge in [-0.2, -0.15) is 0 Å². The minimum absolute atomic E-state index is 0.819. The summed E-state index contributed by atoms with van der Waals surface area (Å²) in [6.45, 7) is 2.14. The van der Waals surface area contributed by atoms with E-state index in [0.717, 1.165) is 24.4 Å². The van der Waals surface area contributed by atoms with Crippen LogP contribution in [0, 0.1) is 0 Å². The summed E-state index contributed by atoms with van der Waals surface area (Å²) in [5.74, 6) is 0.819. The molecule has 0 aliphatic rings. The van der Waals surface area contributed by atoms with E-state index in [1.807, 2.05) is 18.2 Å². The van der Waals surface area contributed by atoms with E-state index in [-0.39, 0.29) is 0 Å². The van der Waals surface area contributed by atoms with Gasteiger partial charge in [0.05, 0.1) is 0 Å². The molecule has 0 unspecified atom stereocenters. The zero-order valence-electron chi connectivity index (χ0n) is 6.54. The van der Waals surface area contributed by atoms with Crippen molar-refractivity contribution in [3.63, 3.8) is 0 Å². The van der Waals surface area contributed by atoms with Crippen molar-refractivity contribution in [2.75, 3.05) is 4.72 Å². The molecule has 0 spiro atoms. The molecular weight excluding hydrogens is 156 g/mol. The Hall–Kier alpha value is -0.700. The molecule has 1 aromatic rings. The first-order chi connectivity index (χ1) is 5.36. The molecule has 0 amide bonds. The first-order valence-corrected chi connectivity index (χ1v) is 4.17. The molecule has 11 heavy (non-hydrogen) atoms. The number of nitrogens with one attached hydrogen (secondary N) is 1. The predicted octanol–water partition coefficient (Wildman–Crippen LogP) is 2.29.